The molecule has 1 N–H and O–H groups in total. The molecule has 2 rings (SSSR count). The molecular weight excluding hydrogens is 282 g/mol. The van der Waals surface area contributed by atoms with Gasteiger partial charge in [-0.05, 0) is 23.8 Å². The van der Waals surface area contributed by atoms with E-state index in [2.05, 4.69) is 26.3 Å². The minimum atomic E-state index is -0.0544. The summed E-state index contributed by atoms with van der Waals surface area (Å²) in [7, 11) is 0. The summed E-state index contributed by atoms with van der Waals surface area (Å²) in [5.41, 5.74) is 1.90. The van der Waals surface area contributed by atoms with Crippen LogP contribution in [0, 0.1) is 0 Å². The largest absolute Gasteiger partial charge is 0.325 e. The maximum absolute atomic E-state index is 11.2. The second kappa shape index (κ2) is 5.63. The normalized spacial score (nSPS) is 10.2. The molecule has 1 heterocycles. The van der Waals surface area contributed by atoms with E-state index >= 15 is 0 Å². The van der Waals surface area contributed by atoms with Crippen molar-refractivity contribution in [2.75, 3.05) is 10.6 Å². The SMILES string of the molecule is O=C(CBr)Nc1cccc(Cn2cccn2)c1. The summed E-state index contributed by atoms with van der Waals surface area (Å²) in [6, 6.07) is 9.62. The second-order valence-electron chi connectivity index (χ2n) is 3.59. The Morgan fingerprint density at radius 1 is 1.41 bits per heavy atom. The zero-order valence-corrected chi connectivity index (χ0v) is 10.7. The molecule has 1 aromatic carbocycles. The van der Waals surface area contributed by atoms with Crippen LogP contribution in [-0.2, 0) is 11.3 Å². The van der Waals surface area contributed by atoms with Gasteiger partial charge in [0.1, 0.15) is 0 Å². The number of alkyl halides is 1. The molecular formula is C12H12BrN3O. The summed E-state index contributed by atoms with van der Waals surface area (Å²) in [6.07, 6.45) is 3.65. The molecule has 0 unspecified atom stereocenters. The average molecular weight is 294 g/mol. The third kappa shape index (κ3) is 3.42. The lowest BCUT2D eigenvalue weighted by molar-refractivity contribution is -0.113. The molecule has 0 fully saturated rings. The first-order chi connectivity index (χ1) is 8.28. The number of anilines is 1. The highest BCUT2D eigenvalue weighted by Crippen LogP contribution is 2.11. The van der Waals surface area contributed by atoms with E-state index in [0.717, 1.165) is 11.3 Å². The molecule has 0 aliphatic rings. The number of hydrogen-bond acceptors (Lipinski definition) is 2. The van der Waals surface area contributed by atoms with Crippen molar-refractivity contribution in [3.05, 3.63) is 48.3 Å². The molecule has 1 aromatic heterocycles. The fourth-order valence-electron chi connectivity index (χ4n) is 1.52. The molecule has 1 amide bonds. The molecule has 0 saturated carbocycles. The molecule has 4 nitrogen and oxygen atoms in total. The molecule has 17 heavy (non-hydrogen) atoms. The predicted octanol–water partition coefficient (Wildman–Crippen LogP) is 2.26. The maximum Gasteiger partial charge on any atom is 0.235 e. The van der Waals surface area contributed by atoms with E-state index in [0.29, 0.717) is 11.9 Å². The Morgan fingerprint density at radius 3 is 3.00 bits per heavy atom. The number of hydrogen-bond donors (Lipinski definition) is 1. The second-order valence-corrected chi connectivity index (χ2v) is 4.15. The van der Waals surface area contributed by atoms with Crippen LogP contribution in [0.4, 0.5) is 5.69 Å². The Balaban J connectivity index is 2.08. The standard InChI is InChI=1S/C12H12BrN3O/c13-8-12(17)15-11-4-1-3-10(7-11)9-16-6-2-5-14-16/h1-7H,8-9H2,(H,15,17). The first-order valence-corrected chi connectivity index (χ1v) is 6.32. The van der Waals surface area contributed by atoms with Gasteiger partial charge in [0, 0.05) is 18.1 Å². The van der Waals surface area contributed by atoms with Crippen molar-refractivity contribution in [1.29, 1.82) is 0 Å². The highest BCUT2D eigenvalue weighted by atomic mass is 79.9. The number of halogens is 1. The van der Waals surface area contributed by atoms with E-state index in [1.807, 2.05) is 41.2 Å². The third-order valence-corrected chi connectivity index (χ3v) is 2.75. The van der Waals surface area contributed by atoms with Crippen molar-refractivity contribution in [3.8, 4) is 0 Å². The van der Waals surface area contributed by atoms with Crippen molar-refractivity contribution in [1.82, 2.24) is 9.78 Å². The monoisotopic (exact) mass is 293 g/mol. The van der Waals surface area contributed by atoms with Crippen LogP contribution in [-0.4, -0.2) is 21.0 Å². The molecule has 0 aliphatic carbocycles. The molecule has 5 heteroatoms. The van der Waals surface area contributed by atoms with Gasteiger partial charge in [-0.1, -0.05) is 28.1 Å². The van der Waals surface area contributed by atoms with Gasteiger partial charge in [0.15, 0.2) is 0 Å². The Labute approximate surface area is 108 Å². The molecule has 0 radical (unpaired) electrons. The van der Waals surface area contributed by atoms with Crippen LogP contribution in [0.1, 0.15) is 5.56 Å². The Hall–Kier alpha value is -1.62. The van der Waals surface area contributed by atoms with Gasteiger partial charge in [0.25, 0.3) is 0 Å². The molecule has 0 bridgehead atoms. The van der Waals surface area contributed by atoms with Crippen LogP contribution < -0.4 is 5.32 Å². The zero-order valence-electron chi connectivity index (χ0n) is 9.14. The summed E-state index contributed by atoms with van der Waals surface area (Å²) < 4.78 is 1.84. The summed E-state index contributed by atoms with van der Waals surface area (Å²) in [4.78, 5) is 11.2. The van der Waals surface area contributed by atoms with Crippen LogP contribution in [0.15, 0.2) is 42.7 Å². The van der Waals surface area contributed by atoms with Crippen molar-refractivity contribution in [2.45, 2.75) is 6.54 Å². The molecule has 0 spiro atoms. The zero-order chi connectivity index (χ0) is 12.1. The van der Waals surface area contributed by atoms with Gasteiger partial charge in [-0.25, -0.2) is 0 Å². The first kappa shape index (κ1) is 11.9. The minimum Gasteiger partial charge on any atom is -0.325 e. The summed E-state index contributed by atoms with van der Waals surface area (Å²) in [6.45, 7) is 0.699. The molecule has 88 valence electrons. The molecule has 0 atom stereocenters. The first-order valence-electron chi connectivity index (χ1n) is 5.20. The van der Waals surface area contributed by atoms with Gasteiger partial charge < -0.3 is 5.32 Å². The number of carbonyl (C=O) groups excluding carboxylic acids is 1. The number of carbonyl (C=O) groups is 1. The van der Waals surface area contributed by atoms with E-state index in [9.17, 15) is 4.79 Å². The Morgan fingerprint density at radius 2 is 2.29 bits per heavy atom. The number of nitrogens with zero attached hydrogens (tertiary/aromatic N) is 2. The fraction of sp³-hybridized carbons (Fsp3) is 0.167. The van der Waals surface area contributed by atoms with Gasteiger partial charge in [0.05, 0.1) is 11.9 Å². The average Bonchev–Trinajstić information content (AvgIpc) is 2.82. The number of aromatic nitrogens is 2. The smallest absolute Gasteiger partial charge is 0.235 e. The van der Waals surface area contributed by atoms with Crippen molar-refractivity contribution in [2.24, 2.45) is 0 Å². The highest BCUT2D eigenvalue weighted by Gasteiger charge is 2.01. The van der Waals surface area contributed by atoms with Crippen molar-refractivity contribution >= 4 is 27.5 Å². The van der Waals surface area contributed by atoms with Crippen LogP contribution >= 0.6 is 15.9 Å². The van der Waals surface area contributed by atoms with E-state index in [-0.39, 0.29) is 5.91 Å². The van der Waals surface area contributed by atoms with Gasteiger partial charge >= 0.3 is 0 Å². The summed E-state index contributed by atoms with van der Waals surface area (Å²) in [5.74, 6) is -0.0544. The Kier molecular flexibility index (Phi) is 3.93. The number of rotatable bonds is 4. The van der Waals surface area contributed by atoms with Gasteiger partial charge in [-0.3, -0.25) is 9.48 Å². The van der Waals surface area contributed by atoms with E-state index in [1.54, 1.807) is 6.20 Å². The summed E-state index contributed by atoms with van der Waals surface area (Å²) in [5, 5.41) is 7.24. The maximum atomic E-state index is 11.2. The Bertz CT molecular complexity index is 496. The van der Waals surface area contributed by atoms with Crippen LogP contribution in [0.5, 0.6) is 0 Å². The third-order valence-electron chi connectivity index (χ3n) is 2.24. The lowest BCUT2D eigenvalue weighted by atomic mass is 10.2. The minimum absolute atomic E-state index is 0.0544. The topological polar surface area (TPSA) is 46.9 Å². The molecule has 0 aliphatic heterocycles. The quantitative estimate of drug-likeness (QED) is 0.879. The van der Waals surface area contributed by atoms with E-state index in [1.165, 1.54) is 0 Å². The summed E-state index contributed by atoms with van der Waals surface area (Å²) >= 11 is 3.11. The van der Waals surface area contributed by atoms with Crippen molar-refractivity contribution in [3.63, 3.8) is 0 Å². The van der Waals surface area contributed by atoms with E-state index in [4.69, 9.17) is 0 Å². The van der Waals surface area contributed by atoms with Crippen LogP contribution in [0.2, 0.25) is 0 Å². The lowest BCUT2D eigenvalue weighted by Crippen LogP contribution is -2.12. The van der Waals surface area contributed by atoms with E-state index < -0.39 is 0 Å². The van der Waals surface area contributed by atoms with Gasteiger partial charge in [-0.15, -0.1) is 0 Å². The van der Waals surface area contributed by atoms with Crippen LogP contribution in [0.25, 0.3) is 0 Å². The van der Waals surface area contributed by atoms with Crippen LogP contribution in [0.3, 0.4) is 0 Å². The fourth-order valence-corrected chi connectivity index (χ4v) is 1.66. The van der Waals surface area contributed by atoms with Crippen molar-refractivity contribution < 1.29 is 4.79 Å². The van der Waals surface area contributed by atoms with Gasteiger partial charge in [0.2, 0.25) is 5.91 Å². The number of amides is 1. The lowest BCUT2D eigenvalue weighted by Gasteiger charge is -2.06. The molecule has 0 saturated heterocycles. The number of benzene rings is 1. The predicted molar refractivity (Wildman–Crippen MR) is 70.2 cm³/mol. The highest BCUT2D eigenvalue weighted by molar-refractivity contribution is 9.09. The number of nitrogens with one attached hydrogen (secondary N) is 1. The molecule has 2 aromatic rings. The van der Waals surface area contributed by atoms with Gasteiger partial charge in [-0.2, -0.15) is 5.10 Å².